The number of benzene rings is 1. The minimum absolute atomic E-state index is 0.456. The number of aromatic nitrogens is 1. The van der Waals surface area contributed by atoms with E-state index in [4.69, 9.17) is 10.2 Å². The summed E-state index contributed by atoms with van der Waals surface area (Å²) in [6, 6.07) is 8.12. The molecule has 5 heteroatoms. The lowest BCUT2D eigenvalue weighted by Crippen LogP contribution is -2.40. The number of likely N-dealkylation sites (tertiary alicyclic amines) is 1. The summed E-state index contributed by atoms with van der Waals surface area (Å²) in [5, 5.41) is 0. The lowest BCUT2D eigenvalue weighted by molar-refractivity contribution is 0.338. The largest absolute Gasteiger partial charge is 0.444 e. The van der Waals surface area contributed by atoms with E-state index < -0.39 is 0 Å². The number of hydrogen-bond donors (Lipinski definition) is 1. The highest BCUT2D eigenvalue weighted by molar-refractivity contribution is 5.78. The van der Waals surface area contributed by atoms with Gasteiger partial charge in [0.1, 0.15) is 12.0 Å². The first-order chi connectivity index (χ1) is 10.7. The Morgan fingerprint density at radius 1 is 1.23 bits per heavy atom. The van der Waals surface area contributed by atoms with E-state index in [0.29, 0.717) is 18.4 Å². The number of aryl methyl sites for hydroxylation is 1. The highest BCUT2D eigenvalue weighted by Crippen LogP contribution is 2.19. The Hall–Kier alpha value is -2.30. The summed E-state index contributed by atoms with van der Waals surface area (Å²) in [6.45, 7) is 4.52. The molecule has 3 rings (SSSR count). The number of nitrogens with two attached hydrogens (primary N) is 1. The standard InChI is InChI=1S/C17H22N4O/c1-13-5-7-14(8-6-13)16-20-15(12-22-16)11-19-17(18)21-9-3-2-4-10-21/h5-8,12H,2-4,9-11H2,1H3,(H2,18,19). The molecule has 5 nitrogen and oxygen atoms in total. The van der Waals surface area contributed by atoms with Crippen LogP contribution in [0.2, 0.25) is 0 Å². The molecular weight excluding hydrogens is 276 g/mol. The molecule has 116 valence electrons. The third kappa shape index (κ3) is 3.47. The van der Waals surface area contributed by atoms with Crippen LogP contribution in [0.5, 0.6) is 0 Å². The maximum absolute atomic E-state index is 6.05. The number of aliphatic imine (C=N–C) groups is 1. The predicted octanol–water partition coefficient (Wildman–Crippen LogP) is 2.95. The van der Waals surface area contributed by atoms with Crippen LogP contribution in [0.1, 0.15) is 30.5 Å². The van der Waals surface area contributed by atoms with Gasteiger partial charge in [-0.2, -0.15) is 0 Å². The molecule has 1 saturated heterocycles. The Bertz CT molecular complexity index is 639. The van der Waals surface area contributed by atoms with Crippen LogP contribution in [0, 0.1) is 6.92 Å². The molecule has 0 bridgehead atoms. The van der Waals surface area contributed by atoms with Gasteiger partial charge in [0, 0.05) is 18.7 Å². The van der Waals surface area contributed by atoms with Crippen LogP contribution in [0.4, 0.5) is 0 Å². The maximum atomic E-state index is 6.05. The average molecular weight is 298 g/mol. The first kappa shape index (κ1) is 14.6. The second-order valence-corrected chi connectivity index (χ2v) is 5.73. The van der Waals surface area contributed by atoms with Crippen molar-refractivity contribution in [2.24, 2.45) is 10.7 Å². The summed E-state index contributed by atoms with van der Waals surface area (Å²) < 4.78 is 5.53. The molecule has 0 amide bonds. The van der Waals surface area contributed by atoms with E-state index in [0.717, 1.165) is 24.3 Å². The van der Waals surface area contributed by atoms with Gasteiger partial charge in [-0.3, -0.25) is 0 Å². The molecule has 2 aromatic rings. The SMILES string of the molecule is Cc1ccc(-c2nc(CN=C(N)N3CCCCC3)co2)cc1. The molecule has 2 heterocycles. The molecule has 0 saturated carbocycles. The van der Waals surface area contributed by atoms with Crippen molar-refractivity contribution in [2.75, 3.05) is 13.1 Å². The fourth-order valence-corrected chi connectivity index (χ4v) is 2.59. The smallest absolute Gasteiger partial charge is 0.226 e. The van der Waals surface area contributed by atoms with E-state index in [2.05, 4.69) is 21.8 Å². The van der Waals surface area contributed by atoms with Crippen LogP contribution in [-0.4, -0.2) is 28.9 Å². The van der Waals surface area contributed by atoms with Crippen molar-refractivity contribution in [3.63, 3.8) is 0 Å². The Balaban J connectivity index is 1.65. The molecule has 0 spiro atoms. The highest BCUT2D eigenvalue weighted by Gasteiger charge is 2.12. The van der Waals surface area contributed by atoms with E-state index in [1.807, 2.05) is 24.3 Å². The van der Waals surface area contributed by atoms with Crippen molar-refractivity contribution in [3.8, 4) is 11.5 Å². The number of piperidine rings is 1. The molecule has 2 N–H and O–H groups in total. The molecule has 1 aromatic heterocycles. The molecule has 22 heavy (non-hydrogen) atoms. The van der Waals surface area contributed by atoms with Crippen molar-refractivity contribution in [1.29, 1.82) is 0 Å². The Kier molecular flexibility index (Phi) is 4.42. The number of nitrogens with zero attached hydrogens (tertiary/aromatic N) is 3. The first-order valence-corrected chi connectivity index (χ1v) is 7.79. The number of rotatable bonds is 3. The molecule has 0 aliphatic carbocycles. The van der Waals surface area contributed by atoms with Crippen LogP contribution < -0.4 is 5.73 Å². The average Bonchev–Trinajstić information content (AvgIpc) is 3.03. The van der Waals surface area contributed by atoms with Gasteiger partial charge in [0.15, 0.2) is 5.96 Å². The topological polar surface area (TPSA) is 67.7 Å². The predicted molar refractivity (Wildman–Crippen MR) is 87.4 cm³/mol. The summed E-state index contributed by atoms with van der Waals surface area (Å²) >= 11 is 0. The van der Waals surface area contributed by atoms with Gasteiger partial charge in [0.2, 0.25) is 5.89 Å². The van der Waals surface area contributed by atoms with Crippen molar-refractivity contribution >= 4 is 5.96 Å². The van der Waals surface area contributed by atoms with Crippen molar-refractivity contribution in [2.45, 2.75) is 32.7 Å². The second kappa shape index (κ2) is 6.64. The van der Waals surface area contributed by atoms with Crippen LogP contribution >= 0.6 is 0 Å². The third-order valence-electron chi connectivity index (χ3n) is 3.93. The van der Waals surface area contributed by atoms with Crippen LogP contribution in [0.3, 0.4) is 0 Å². The monoisotopic (exact) mass is 298 g/mol. The number of oxazole rings is 1. The molecular formula is C17H22N4O. The summed E-state index contributed by atoms with van der Waals surface area (Å²) in [5.41, 5.74) is 9.04. The lowest BCUT2D eigenvalue weighted by Gasteiger charge is -2.27. The quantitative estimate of drug-likeness (QED) is 0.699. The summed E-state index contributed by atoms with van der Waals surface area (Å²) in [5.74, 6) is 1.24. The fraction of sp³-hybridized carbons (Fsp3) is 0.412. The normalized spacial score (nSPS) is 16.0. The van der Waals surface area contributed by atoms with Crippen molar-refractivity contribution < 1.29 is 4.42 Å². The molecule has 0 unspecified atom stereocenters. The summed E-state index contributed by atoms with van der Waals surface area (Å²) in [4.78, 5) is 11.1. The molecule has 1 aliphatic rings. The van der Waals surface area contributed by atoms with Crippen molar-refractivity contribution in [3.05, 3.63) is 41.8 Å². The summed E-state index contributed by atoms with van der Waals surface area (Å²) in [6.07, 6.45) is 5.32. The van der Waals surface area contributed by atoms with E-state index in [1.165, 1.54) is 24.8 Å². The van der Waals surface area contributed by atoms with Crippen LogP contribution in [0.25, 0.3) is 11.5 Å². The van der Waals surface area contributed by atoms with Gasteiger partial charge in [0.25, 0.3) is 0 Å². The van der Waals surface area contributed by atoms with E-state index in [1.54, 1.807) is 6.26 Å². The number of guanidine groups is 1. The second-order valence-electron chi connectivity index (χ2n) is 5.73. The lowest BCUT2D eigenvalue weighted by atomic mass is 10.1. The Morgan fingerprint density at radius 3 is 2.68 bits per heavy atom. The first-order valence-electron chi connectivity index (χ1n) is 7.79. The van der Waals surface area contributed by atoms with Gasteiger partial charge in [-0.15, -0.1) is 0 Å². The fourth-order valence-electron chi connectivity index (χ4n) is 2.59. The van der Waals surface area contributed by atoms with Gasteiger partial charge in [-0.05, 0) is 38.3 Å². The van der Waals surface area contributed by atoms with Gasteiger partial charge in [-0.1, -0.05) is 17.7 Å². The zero-order valence-corrected chi connectivity index (χ0v) is 13.0. The van der Waals surface area contributed by atoms with Crippen LogP contribution in [0.15, 0.2) is 39.9 Å². The highest BCUT2D eigenvalue weighted by atomic mass is 16.3. The van der Waals surface area contributed by atoms with Gasteiger partial charge in [-0.25, -0.2) is 9.98 Å². The van der Waals surface area contributed by atoms with Crippen LogP contribution in [-0.2, 0) is 6.54 Å². The minimum atomic E-state index is 0.456. The Labute approximate surface area is 130 Å². The van der Waals surface area contributed by atoms with E-state index >= 15 is 0 Å². The molecule has 0 radical (unpaired) electrons. The number of hydrogen-bond acceptors (Lipinski definition) is 3. The van der Waals surface area contributed by atoms with Gasteiger partial charge >= 0.3 is 0 Å². The zero-order valence-electron chi connectivity index (χ0n) is 13.0. The Morgan fingerprint density at radius 2 is 1.95 bits per heavy atom. The van der Waals surface area contributed by atoms with E-state index in [9.17, 15) is 0 Å². The molecule has 1 aromatic carbocycles. The maximum Gasteiger partial charge on any atom is 0.226 e. The third-order valence-corrected chi connectivity index (χ3v) is 3.93. The van der Waals surface area contributed by atoms with Gasteiger partial charge in [0.05, 0.1) is 6.54 Å². The van der Waals surface area contributed by atoms with E-state index in [-0.39, 0.29) is 0 Å². The zero-order chi connectivity index (χ0) is 15.4. The molecule has 1 fully saturated rings. The summed E-state index contributed by atoms with van der Waals surface area (Å²) in [7, 11) is 0. The minimum Gasteiger partial charge on any atom is -0.444 e. The van der Waals surface area contributed by atoms with Gasteiger partial charge < -0.3 is 15.1 Å². The van der Waals surface area contributed by atoms with Crippen molar-refractivity contribution in [1.82, 2.24) is 9.88 Å². The molecule has 0 atom stereocenters. The molecule has 1 aliphatic heterocycles.